The van der Waals surface area contributed by atoms with Crippen molar-refractivity contribution < 1.29 is 14.3 Å². The van der Waals surface area contributed by atoms with Crippen molar-refractivity contribution in [3.05, 3.63) is 48.6 Å². The Hall–Kier alpha value is -0.943. The number of epoxide rings is 1. The average Bonchev–Trinajstić information content (AvgIpc) is 3.21. The maximum absolute atomic E-state index is 10.9. The van der Waals surface area contributed by atoms with Crippen molar-refractivity contribution in [1.29, 1.82) is 0 Å². The largest absolute Gasteiger partial charge is 0.416 e. The van der Waals surface area contributed by atoms with Crippen LogP contribution in [-0.2, 0) is 9.16 Å². The highest BCUT2D eigenvalue weighted by Gasteiger charge is 2.59. The van der Waals surface area contributed by atoms with E-state index in [2.05, 4.69) is 40.4 Å². The summed E-state index contributed by atoms with van der Waals surface area (Å²) in [6.07, 6.45) is 1.10. The molecular weight excluding hydrogens is 316 g/mol. The standard InChI is InChI=1S/C20H32O3Si/c1-8-15(14-22-24(6,7)19(2,3)4)17(21)20(5)18(23-20)16-12-10-9-11-13-16/h8-13,15,17-18,21H,1,14H2,2-7H3/t15-,17-,18-,20+/m1/s1. The van der Waals surface area contributed by atoms with Crippen molar-refractivity contribution in [2.45, 2.75) is 63.6 Å². The summed E-state index contributed by atoms with van der Waals surface area (Å²) in [6, 6.07) is 10.1. The fourth-order valence-electron chi connectivity index (χ4n) is 2.71. The molecule has 0 unspecified atom stereocenters. The van der Waals surface area contributed by atoms with Gasteiger partial charge in [0.2, 0.25) is 0 Å². The molecule has 0 aromatic heterocycles. The predicted molar refractivity (Wildman–Crippen MR) is 102 cm³/mol. The fraction of sp³-hybridized carbons (Fsp3) is 0.600. The maximum atomic E-state index is 10.9. The van der Waals surface area contributed by atoms with E-state index in [4.69, 9.17) is 9.16 Å². The van der Waals surface area contributed by atoms with Gasteiger partial charge in [0.25, 0.3) is 0 Å². The van der Waals surface area contributed by atoms with Crippen molar-refractivity contribution in [2.75, 3.05) is 6.61 Å². The second kappa shape index (κ2) is 6.75. The van der Waals surface area contributed by atoms with Crippen LogP contribution in [0.2, 0.25) is 18.1 Å². The molecule has 0 spiro atoms. The average molecular weight is 349 g/mol. The molecule has 0 amide bonds. The first-order chi connectivity index (χ1) is 11.0. The first kappa shape index (κ1) is 19.4. The van der Waals surface area contributed by atoms with E-state index in [1.165, 1.54) is 0 Å². The third kappa shape index (κ3) is 3.83. The van der Waals surface area contributed by atoms with Gasteiger partial charge in [0, 0.05) is 12.5 Å². The smallest absolute Gasteiger partial charge is 0.192 e. The Morgan fingerprint density at radius 1 is 1.33 bits per heavy atom. The van der Waals surface area contributed by atoms with Gasteiger partial charge in [-0.2, -0.15) is 0 Å². The maximum Gasteiger partial charge on any atom is 0.192 e. The lowest BCUT2D eigenvalue weighted by atomic mass is 9.88. The molecule has 1 saturated heterocycles. The monoisotopic (exact) mass is 348 g/mol. The molecule has 0 bridgehead atoms. The van der Waals surface area contributed by atoms with Gasteiger partial charge >= 0.3 is 0 Å². The second-order valence-corrected chi connectivity index (χ2v) is 13.3. The van der Waals surface area contributed by atoms with Gasteiger partial charge in [0.05, 0.1) is 6.10 Å². The first-order valence-corrected chi connectivity index (χ1v) is 11.6. The number of benzene rings is 1. The van der Waals surface area contributed by atoms with Crippen LogP contribution in [-0.4, -0.2) is 31.7 Å². The molecule has 1 fully saturated rings. The summed E-state index contributed by atoms with van der Waals surface area (Å²) in [5.41, 5.74) is 0.531. The van der Waals surface area contributed by atoms with Gasteiger partial charge < -0.3 is 14.3 Å². The zero-order valence-corrected chi connectivity index (χ0v) is 16.9. The van der Waals surface area contributed by atoms with Crippen LogP contribution in [0.15, 0.2) is 43.0 Å². The van der Waals surface area contributed by atoms with Gasteiger partial charge in [-0.25, -0.2) is 0 Å². The molecule has 1 aliphatic heterocycles. The Bertz CT molecular complexity index is 564. The number of aliphatic hydroxyl groups excluding tert-OH is 1. The van der Waals surface area contributed by atoms with Crippen LogP contribution in [0.3, 0.4) is 0 Å². The van der Waals surface area contributed by atoms with Crippen LogP contribution in [0.4, 0.5) is 0 Å². The molecular formula is C20H32O3Si. The predicted octanol–water partition coefficient (Wildman–Crippen LogP) is 4.70. The van der Waals surface area contributed by atoms with Gasteiger partial charge in [-0.15, -0.1) is 6.58 Å². The summed E-state index contributed by atoms with van der Waals surface area (Å²) in [7, 11) is -1.85. The molecule has 134 valence electrons. The summed E-state index contributed by atoms with van der Waals surface area (Å²) in [6.45, 7) is 17.5. The van der Waals surface area contributed by atoms with Gasteiger partial charge in [-0.1, -0.05) is 57.2 Å². The van der Waals surface area contributed by atoms with E-state index in [9.17, 15) is 5.11 Å². The van der Waals surface area contributed by atoms with Crippen molar-refractivity contribution in [3.8, 4) is 0 Å². The lowest BCUT2D eigenvalue weighted by Crippen LogP contribution is -2.44. The van der Waals surface area contributed by atoms with E-state index in [1.54, 1.807) is 6.08 Å². The topological polar surface area (TPSA) is 42.0 Å². The van der Waals surface area contributed by atoms with Gasteiger partial charge in [-0.05, 0) is 30.6 Å². The van der Waals surface area contributed by atoms with Crippen molar-refractivity contribution >= 4 is 8.32 Å². The van der Waals surface area contributed by atoms with Crippen LogP contribution >= 0.6 is 0 Å². The Morgan fingerprint density at radius 2 is 1.92 bits per heavy atom. The van der Waals surface area contributed by atoms with Crippen LogP contribution in [0.25, 0.3) is 0 Å². The molecule has 1 heterocycles. The highest BCUT2D eigenvalue weighted by atomic mass is 28.4. The fourth-order valence-corrected chi connectivity index (χ4v) is 3.75. The lowest BCUT2D eigenvalue weighted by Gasteiger charge is -2.37. The second-order valence-electron chi connectivity index (χ2n) is 8.51. The molecule has 1 aromatic carbocycles. The zero-order valence-electron chi connectivity index (χ0n) is 15.9. The zero-order chi connectivity index (χ0) is 18.2. The minimum Gasteiger partial charge on any atom is -0.416 e. The van der Waals surface area contributed by atoms with Gasteiger partial charge in [0.1, 0.15) is 11.7 Å². The number of aliphatic hydroxyl groups is 1. The van der Waals surface area contributed by atoms with Crippen LogP contribution < -0.4 is 0 Å². The molecule has 0 saturated carbocycles. The van der Waals surface area contributed by atoms with Crippen molar-refractivity contribution in [1.82, 2.24) is 0 Å². The Labute approximate surface area is 147 Å². The van der Waals surface area contributed by atoms with Gasteiger partial charge in [-0.3, -0.25) is 0 Å². The van der Waals surface area contributed by atoms with E-state index in [0.29, 0.717) is 6.61 Å². The molecule has 1 N–H and O–H groups in total. The van der Waals surface area contributed by atoms with Gasteiger partial charge in [0.15, 0.2) is 8.32 Å². The van der Waals surface area contributed by atoms with E-state index in [0.717, 1.165) is 5.56 Å². The lowest BCUT2D eigenvalue weighted by molar-refractivity contribution is 0.0317. The first-order valence-electron chi connectivity index (χ1n) is 8.70. The summed E-state index contributed by atoms with van der Waals surface area (Å²) in [4.78, 5) is 0. The molecule has 24 heavy (non-hydrogen) atoms. The molecule has 0 aliphatic carbocycles. The molecule has 1 aliphatic rings. The SMILES string of the molecule is C=C[C@H](CO[Si](C)(C)C(C)(C)C)[C@@H](O)[C@]1(C)O[C@@H]1c1ccccc1. The third-order valence-electron chi connectivity index (χ3n) is 5.68. The normalized spacial score (nSPS) is 26.7. The van der Waals surface area contributed by atoms with Crippen LogP contribution in [0.5, 0.6) is 0 Å². The van der Waals surface area contributed by atoms with Crippen LogP contribution in [0.1, 0.15) is 39.4 Å². The highest BCUT2D eigenvalue weighted by molar-refractivity contribution is 6.74. The third-order valence-corrected chi connectivity index (χ3v) is 10.2. The summed E-state index contributed by atoms with van der Waals surface area (Å²) >= 11 is 0. The molecule has 1 aromatic rings. The minimum absolute atomic E-state index is 0.0657. The van der Waals surface area contributed by atoms with Crippen molar-refractivity contribution in [3.63, 3.8) is 0 Å². The van der Waals surface area contributed by atoms with E-state index in [1.807, 2.05) is 37.3 Å². The Balaban J connectivity index is 2.02. The number of hydrogen-bond donors (Lipinski definition) is 1. The number of rotatable bonds is 7. The quantitative estimate of drug-likeness (QED) is 0.441. The summed E-state index contributed by atoms with van der Waals surface area (Å²) < 4.78 is 12.2. The molecule has 2 rings (SSSR count). The van der Waals surface area contributed by atoms with E-state index >= 15 is 0 Å². The molecule has 4 heteroatoms. The summed E-state index contributed by atoms with van der Waals surface area (Å²) in [5.74, 6) is -0.141. The molecule has 3 nitrogen and oxygen atoms in total. The molecule has 0 radical (unpaired) electrons. The molecule has 4 atom stereocenters. The highest BCUT2D eigenvalue weighted by Crippen LogP contribution is 2.53. The number of ether oxygens (including phenoxy) is 1. The van der Waals surface area contributed by atoms with E-state index in [-0.39, 0.29) is 17.1 Å². The Kier molecular flexibility index (Phi) is 5.45. The van der Waals surface area contributed by atoms with Crippen molar-refractivity contribution in [2.24, 2.45) is 5.92 Å². The minimum atomic E-state index is -1.85. The van der Waals surface area contributed by atoms with E-state index < -0.39 is 20.0 Å². The Morgan fingerprint density at radius 3 is 2.42 bits per heavy atom. The van der Waals surface area contributed by atoms with Crippen LogP contribution in [0, 0.1) is 5.92 Å². The number of hydrogen-bond acceptors (Lipinski definition) is 3. The summed E-state index contributed by atoms with van der Waals surface area (Å²) in [5, 5.41) is 11.0.